The van der Waals surface area contributed by atoms with Gasteiger partial charge in [-0.25, -0.2) is 0 Å². The van der Waals surface area contributed by atoms with E-state index in [2.05, 4.69) is 29.6 Å². The predicted molar refractivity (Wildman–Crippen MR) is 141 cm³/mol. The monoisotopic (exact) mass is 472 g/mol. The summed E-state index contributed by atoms with van der Waals surface area (Å²) < 4.78 is 0.534. The number of aryl methyl sites for hydroxylation is 1. The van der Waals surface area contributed by atoms with Crippen molar-refractivity contribution in [1.29, 1.82) is 0 Å². The van der Waals surface area contributed by atoms with Crippen LogP contribution in [0.15, 0.2) is 83.8 Å². The van der Waals surface area contributed by atoms with Crippen LogP contribution in [-0.4, -0.2) is 27.6 Å². The Hall–Kier alpha value is -3.22. The Labute approximate surface area is 203 Å². The highest BCUT2D eigenvalue weighted by atomic mass is 32.2. The first-order valence-electron chi connectivity index (χ1n) is 10.8. The van der Waals surface area contributed by atoms with E-state index in [4.69, 9.17) is 12.2 Å². The Balaban J connectivity index is 1.33. The number of carbonyl (C=O) groups excluding carboxylic acids is 2. The van der Waals surface area contributed by atoms with Crippen molar-refractivity contribution >= 4 is 51.9 Å². The molecule has 1 aliphatic rings. The second kappa shape index (κ2) is 10.6. The van der Waals surface area contributed by atoms with E-state index in [1.54, 1.807) is 4.90 Å². The van der Waals surface area contributed by atoms with Gasteiger partial charge in [0.25, 0.3) is 5.91 Å². The molecule has 1 N–H and O–H groups in total. The highest BCUT2D eigenvalue weighted by Crippen LogP contribution is 2.33. The van der Waals surface area contributed by atoms with Crippen molar-refractivity contribution in [2.45, 2.75) is 19.8 Å². The van der Waals surface area contributed by atoms with E-state index in [0.29, 0.717) is 28.6 Å². The quantitative estimate of drug-likeness (QED) is 0.325. The fourth-order valence-electron chi connectivity index (χ4n) is 3.57. The average Bonchev–Trinajstić information content (AvgIpc) is 3.09. The maximum Gasteiger partial charge on any atom is 0.266 e. The molecular formula is C27H24N2O2S2. The second-order valence-corrected chi connectivity index (χ2v) is 9.46. The number of carbonyl (C=O) groups is 2. The first-order valence-corrected chi connectivity index (χ1v) is 12.0. The summed E-state index contributed by atoms with van der Waals surface area (Å²) in [6.07, 6.45) is 2.74. The third-order valence-electron chi connectivity index (χ3n) is 5.39. The van der Waals surface area contributed by atoms with E-state index in [-0.39, 0.29) is 11.8 Å². The molecule has 33 heavy (non-hydrogen) atoms. The van der Waals surface area contributed by atoms with Crippen LogP contribution in [0.2, 0.25) is 0 Å². The van der Waals surface area contributed by atoms with Crippen molar-refractivity contribution in [1.82, 2.24) is 4.90 Å². The lowest BCUT2D eigenvalue weighted by molar-refractivity contribution is -0.122. The zero-order valence-electron chi connectivity index (χ0n) is 18.3. The van der Waals surface area contributed by atoms with Gasteiger partial charge < -0.3 is 5.32 Å². The van der Waals surface area contributed by atoms with Crippen molar-refractivity contribution in [2.24, 2.45) is 0 Å². The predicted octanol–water partition coefficient (Wildman–Crippen LogP) is 6.28. The smallest absolute Gasteiger partial charge is 0.266 e. The summed E-state index contributed by atoms with van der Waals surface area (Å²) in [6, 6.07) is 25.9. The van der Waals surface area contributed by atoms with Crippen LogP contribution in [0.5, 0.6) is 0 Å². The first-order chi connectivity index (χ1) is 16.0. The van der Waals surface area contributed by atoms with Gasteiger partial charge in [0.2, 0.25) is 5.91 Å². The van der Waals surface area contributed by atoms with Crippen molar-refractivity contribution in [2.75, 3.05) is 11.9 Å². The van der Waals surface area contributed by atoms with Crippen LogP contribution >= 0.6 is 24.0 Å². The number of nitrogens with one attached hydrogen (secondary N) is 1. The van der Waals surface area contributed by atoms with Gasteiger partial charge in [-0.3, -0.25) is 14.5 Å². The molecule has 166 valence electrons. The summed E-state index contributed by atoms with van der Waals surface area (Å²) >= 11 is 6.73. The Kier molecular flexibility index (Phi) is 7.37. The molecule has 4 nitrogen and oxygen atoms in total. The molecule has 1 fully saturated rings. The summed E-state index contributed by atoms with van der Waals surface area (Å²) in [5.41, 5.74) is 5.07. The molecule has 1 saturated heterocycles. The van der Waals surface area contributed by atoms with Crippen LogP contribution in [0.4, 0.5) is 5.69 Å². The zero-order chi connectivity index (χ0) is 23.2. The number of nitrogens with zero attached hydrogens (tertiary/aromatic N) is 1. The maximum atomic E-state index is 12.9. The molecule has 4 rings (SSSR count). The lowest BCUT2D eigenvalue weighted by atomic mass is 10.0. The average molecular weight is 473 g/mol. The molecule has 0 saturated carbocycles. The molecule has 0 unspecified atom stereocenters. The van der Waals surface area contributed by atoms with Gasteiger partial charge in [-0.1, -0.05) is 96.8 Å². The molecule has 0 spiro atoms. The Morgan fingerprint density at radius 3 is 2.36 bits per heavy atom. The number of thiocarbonyl (C=S) groups is 1. The van der Waals surface area contributed by atoms with Gasteiger partial charge in [-0.15, -0.1) is 0 Å². The van der Waals surface area contributed by atoms with E-state index in [9.17, 15) is 9.59 Å². The lowest BCUT2D eigenvalue weighted by Crippen LogP contribution is -2.29. The molecule has 2 amide bonds. The molecule has 6 heteroatoms. The van der Waals surface area contributed by atoms with Crippen LogP contribution in [0.25, 0.3) is 17.2 Å². The van der Waals surface area contributed by atoms with Crippen LogP contribution in [0.1, 0.15) is 24.0 Å². The minimum atomic E-state index is -0.101. The number of thioether (sulfide) groups is 1. The van der Waals surface area contributed by atoms with Crippen LogP contribution in [0.3, 0.4) is 0 Å². The van der Waals surface area contributed by atoms with Gasteiger partial charge in [-0.2, -0.15) is 0 Å². The molecule has 0 aromatic heterocycles. The Morgan fingerprint density at radius 1 is 0.970 bits per heavy atom. The van der Waals surface area contributed by atoms with Crippen molar-refractivity contribution in [3.8, 4) is 11.1 Å². The number of anilines is 1. The highest BCUT2D eigenvalue weighted by molar-refractivity contribution is 8.26. The van der Waals surface area contributed by atoms with Crippen molar-refractivity contribution < 1.29 is 9.59 Å². The van der Waals surface area contributed by atoms with Gasteiger partial charge in [0, 0.05) is 18.7 Å². The molecule has 3 aromatic carbocycles. The zero-order valence-corrected chi connectivity index (χ0v) is 19.9. The molecular weight excluding hydrogens is 448 g/mol. The number of rotatable bonds is 7. The Morgan fingerprint density at radius 2 is 1.64 bits per heavy atom. The van der Waals surface area contributed by atoms with E-state index in [0.717, 1.165) is 27.9 Å². The maximum absolute atomic E-state index is 12.9. The minimum Gasteiger partial charge on any atom is -0.326 e. The van der Waals surface area contributed by atoms with Gasteiger partial charge in [0.15, 0.2) is 0 Å². The number of para-hydroxylation sites is 1. The highest BCUT2D eigenvalue weighted by Gasteiger charge is 2.31. The molecule has 1 aliphatic heterocycles. The minimum absolute atomic E-state index is 0.0659. The largest absolute Gasteiger partial charge is 0.326 e. The third-order valence-corrected chi connectivity index (χ3v) is 6.77. The summed E-state index contributed by atoms with van der Waals surface area (Å²) in [5, 5.41) is 2.92. The number of hydrogen-bond acceptors (Lipinski definition) is 4. The van der Waals surface area contributed by atoms with Gasteiger partial charge in [0.1, 0.15) is 4.32 Å². The first kappa shape index (κ1) is 23.0. The van der Waals surface area contributed by atoms with Crippen molar-refractivity contribution in [3.63, 3.8) is 0 Å². The third kappa shape index (κ3) is 5.78. The number of amides is 2. The number of hydrogen-bond donors (Lipinski definition) is 1. The van der Waals surface area contributed by atoms with Gasteiger partial charge >= 0.3 is 0 Å². The van der Waals surface area contributed by atoms with E-state index in [1.807, 2.05) is 67.6 Å². The molecule has 1 heterocycles. The molecule has 0 radical (unpaired) electrons. The molecule has 0 atom stereocenters. The van der Waals surface area contributed by atoms with E-state index >= 15 is 0 Å². The summed E-state index contributed by atoms with van der Waals surface area (Å²) in [5.74, 6) is -0.166. The lowest BCUT2D eigenvalue weighted by Gasteiger charge is -2.14. The fourth-order valence-corrected chi connectivity index (χ4v) is 4.88. The second-order valence-electron chi connectivity index (χ2n) is 7.79. The van der Waals surface area contributed by atoms with Crippen LogP contribution in [0, 0.1) is 6.92 Å². The fraction of sp³-hybridized carbons (Fsp3) is 0.148. The van der Waals surface area contributed by atoms with Crippen molar-refractivity contribution in [3.05, 3.63) is 94.9 Å². The Bertz CT molecular complexity index is 1200. The number of benzene rings is 3. The summed E-state index contributed by atoms with van der Waals surface area (Å²) in [7, 11) is 0. The van der Waals surface area contributed by atoms with E-state index < -0.39 is 0 Å². The van der Waals surface area contributed by atoms with Gasteiger partial charge in [-0.05, 0) is 47.7 Å². The standard InChI is InChI=1S/C27H24N2O2S2/c1-19-8-5-6-11-23(19)28-25(30)12-7-17-29-26(31)24(33-27(29)32)18-20-13-15-22(16-14-20)21-9-3-2-4-10-21/h2-6,8-11,13-16,18H,7,12,17H2,1H3,(H,28,30)/b24-18-. The van der Waals surface area contributed by atoms with Crippen LogP contribution in [-0.2, 0) is 9.59 Å². The molecule has 0 bridgehead atoms. The van der Waals surface area contributed by atoms with Gasteiger partial charge in [0.05, 0.1) is 4.91 Å². The normalized spacial score (nSPS) is 14.7. The molecule has 0 aliphatic carbocycles. The summed E-state index contributed by atoms with van der Waals surface area (Å²) in [4.78, 5) is 27.3. The van der Waals surface area contributed by atoms with Crippen LogP contribution < -0.4 is 5.32 Å². The summed E-state index contributed by atoms with van der Waals surface area (Å²) in [6.45, 7) is 2.38. The van der Waals surface area contributed by atoms with E-state index in [1.165, 1.54) is 11.8 Å². The molecule has 3 aromatic rings. The SMILES string of the molecule is Cc1ccccc1NC(=O)CCCN1C(=O)/C(=C/c2ccc(-c3ccccc3)cc2)SC1=S. The topological polar surface area (TPSA) is 49.4 Å².